The molecule has 0 aliphatic carbocycles. The Morgan fingerprint density at radius 1 is 1.19 bits per heavy atom. The molecule has 0 spiro atoms. The van der Waals surface area contributed by atoms with Crippen LogP contribution in [-0.2, 0) is 22.6 Å². The van der Waals surface area contributed by atoms with E-state index in [1.807, 2.05) is 12.1 Å². The molecule has 0 aromatic carbocycles. The standard InChI is InChI=1S/C18H20N6O3/c25-16(13-24-18(26)23-7-2-1-5-15(23)21-24)20-12-14-4-3-6-19-17(14)22-8-10-27-11-9-22/h1-7H,8-13H2,(H,20,25). The third-order valence-electron chi connectivity index (χ3n) is 4.44. The number of amides is 1. The minimum Gasteiger partial charge on any atom is -0.378 e. The van der Waals surface area contributed by atoms with E-state index in [1.165, 1.54) is 4.40 Å². The number of pyridine rings is 2. The van der Waals surface area contributed by atoms with Crippen LogP contribution in [0, 0.1) is 0 Å². The summed E-state index contributed by atoms with van der Waals surface area (Å²) in [7, 11) is 0. The Kier molecular flexibility index (Phi) is 4.84. The van der Waals surface area contributed by atoms with Crippen molar-refractivity contribution in [2.45, 2.75) is 13.1 Å². The van der Waals surface area contributed by atoms with Gasteiger partial charge in [-0.2, -0.15) is 0 Å². The number of rotatable bonds is 5. The maximum atomic E-state index is 12.3. The molecule has 1 amide bonds. The Morgan fingerprint density at radius 2 is 2.04 bits per heavy atom. The van der Waals surface area contributed by atoms with Crippen molar-refractivity contribution < 1.29 is 9.53 Å². The van der Waals surface area contributed by atoms with Crippen LogP contribution in [-0.4, -0.2) is 51.4 Å². The van der Waals surface area contributed by atoms with E-state index < -0.39 is 0 Å². The molecule has 1 aliphatic rings. The highest BCUT2D eigenvalue weighted by molar-refractivity contribution is 5.75. The van der Waals surface area contributed by atoms with Gasteiger partial charge in [0.25, 0.3) is 0 Å². The van der Waals surface area contributed by atoms with Gasteiger partial charge in [0.15, 0.2) is 5.65 Å². The van der Waals surface area contributed by atoms with Gasteiger partial charge in [0.1, 0.15) is 12.4 Å². The number of hydrogen-bond donors (Lipinski definition) is 1. The van der Waals surface area contributed by atoms with Gasteiger partial charge in [-0.1, -0.05) is 12.1 Å². The van der Waals surface area contributed by atoms with E-state index in [4.69, 9.17) is 4.74 Å². The van der Waals surface area contributed by atoms with Crippen molar-refractivity contribution in [3.8, 4) is 0 Å². The summed E-state index contributed by atoms with van der Waals surface area (Å²) in [5.74, 6) is 0.572. The van der Waals surface area contributed by atoms with Crippen molar-refractivity contribution in [1.82, 2.24) is 24.5 Å². The lowest BCUT2D eigenvalue weighted by atomic mass is 10.2. The molecule has 1 fully saturated rings. The molecule has 1 N–H and O–H groups in total. The topological polar surface area (TPSA) is 93.8 Å². The molecule has 27 heavy (non-hydrogen) atoms. The SMILES string of the molecule is O=C(Cn1nc2ccccn2c1=O)NCc1cccnc1N1CCOCC1. The molecule has 9 nitrogen and oxygen atoms in total. The summed E-state index contributed by atoms with van der Waals surface area (Å²) in [4.78, 5) is 31.2. The van der Waals surface area contributed by atoms with Crippen molar-refractivity contribution in [3.05, 3.63) is 58.8 Å². The Morgan fingerprint density at radius 3 is 2.85 bits per heavy atom. The Labute approximate surface area is 155 Å². The molecule has 3 aromatic rings. The fourth-order valence-corrected chi connectivity index (χ4v) is 3.08. The van der Waals surface area contributed by atoms with Crippen LogP contribution in [0.25, 0.3) is 5.65 Å². The first-order chi connectivity index (χ1) is 13.2. The number of anilines is 1. The summed E-state index contributed by atoms with van der Waals surface area (Å²) in [6.45, 7) is 3.08. The first-order valence-corrected chi connectivity index (χ1v) is 8.80. The van der Waals surface area contributed by atoms with Crippen LogP contribution in [0.1, 0.15) is 5.56 Å². The zero-order valence-electron chi connectivity index (χ0n) is 14.7. The number of carbonyl (C=O) groups is 1. The van der Waals surface area contributed by atoms with Crippen LogP contribution in [0.2, 0.25) is 0 Å². The van der Waals surface area contributed by atoms with Gasteiger partial charge in [-0.05, 0) is 18.2 Å². The highest BCUT2D eigenvalue weighted by Crippen LogP contribution is 2.18. The normalized spacial score (nSPS) is 14.4. The molecule has 1 saturated heterocycles. The molecule has 0 atom stereocenters. The fourth-order valence-electron chi connectivity index (χ4n) is 3.08. The number of nitrogens with one attached hydrogen (secondary N) is 1. The van der Waals surface area contributed by atoms with Crippen molar-refractivity contribution in [2.75, 3.05) is 31.2 Å². The first kappa shape index (κ1) is 17.2. The highest BCUT2D eigenvalue weighted by Gasteiger charge is 2.16. The maximum absolute atomic E-state index is 12.3. The summed E-state index contributed by atoms with van der Waals surface area (Å²) in [5, 5.41) is 7.02. The third kappa shape index (κ3) is 3.68. The second kappa shape index (κ2) is 7.58. The molecule has 9 heteroatoms. The van der Waals surface area contributed by atoms with Gasteiger partial charge in [0, 0.05) is 37.6 Å². The zero-order valence-corrected chi connectivity index (χ0v) is 14.7. The van der Waals surface area contributed by atoms with E-state index in [2.05, 4.69) is 20.3 Å². The van der Waals surface area contributed by atoms with Crippen molar-refractivity contribution in [3.63, 3.8) is 0 Å². The van der Waals surface area contributed by atoms with Gasteiger partial charge in [0.05, 0.1) is 13.2 Å². The summed E-state index contributed by atoms with van der Waals surface area (Å²) in [5.41, 5.74) is 1.10. The molecule has 0 unspecified atom stereocenters. The second-order valence-corrected chi connectivity index (χ2v) is 6.23. The van der Waals surface area contributed by atoms with Crippen LogP contribution in [0.4, 0.5) is 5.82 Å². The smallest absolute Gasteiger partial charge is 0.350 e. The molecule has 0 bridgehead atoms. The molecular weight excluding hydrogens is 348 g/mol. The molecule has 1 aliphatic heterocycles. The van der Waals surface area contributed by atoms with Crippen LogP contribution in [0.15, 0.2) is 47.5 Å². The number of fused-ring (bicyclic) bond motifs is 1. The number of ether oxygens (including phenoxy) is 1. The Balaban J connectivity index is 1.43. The quantitative estimate of drug-likeness (QED) is 0.684. The molecule has 140 valence electrons. The van der Waals surface area contributed by atoms with Crippen LogP contribution in [0.5, 0.6) is 0 Å². The van der Waals surface area contributed by atoms with Gasteiger partial charge in [-0.3, -0.25) is 9.20 Å². The molecule has 4 rings (SSSR count). The van der Waals surface area contributed by atoms with Gasteiger partial charge in [-0.25, -0.2) is 14.5 Å². The van der Waals surface area contributed by atoms with Gasteiger partial charge in [0.2, 0.25) is 5.91 Å². The first-order valence-electron chi connectivity index (χ1n) is 8.80. The minimum absolute atomic E-state index is 0.131. The molecule has 4 heterocycles. The van der Waals surface area contributed by atoms with E-state index in [1.54, 1.807) is 30.6 Å². The average Bonchev–Trinajstić information content (AvgIpc) is 3.03. The monoisotopic (exact) mass is 368 g/mol. The van der Waals surface area contributed by atoms with Crippen molar-refractivity contribution in [1.29, 1.82) is 0 Å². The summed E-state index contributed by atoms with van der Waals surface area (Å²) in [6.07, 6.45) is 3.37. The minimum atomic E-state index is -0.337. The Hall–Kier alpha value is -3.20. The maximum Gasteiger partial charge on any atom is 0.350 e. The van der Waals surface area contributed by atoms with E-state index >= 15 is 0 Å². The predicted molar refractivity (Wildman–Crippen MR) is 98.6 cm³/mol. The van der Waals surface area contributed by atoms with E-state index in [0.717, 1.165) is 29.2 Å². The Bertz CT molecular complexity index is 1010. The van der Waals surface area contributed by atoms with E-state index in [9.17, 15) is 9.59 Å². The van der Waals surface area contributed by atoms with Crippen LogP contribution < -0.4 is 15.9 Å². The number of carbonyl (C=O) groups excluding carboxylic acids is 1. The summed E-state index contributed by atoms with van der Waals surface area (Å²) in [6, 6.07) is 9.05. The van der Waals surface area contributed by atoms with Gasteiger partial charge >= 0.3 is 5.69 Å². The molecule has 3 aromatic heterocycles. The van der Waals surface area contributed by atoms with Gasteiger partial charge < -0.3 is 15.0 Å². The number of aromatic nitrogens is 4. The molecular formula is C18H20N6O3. The summed E-state index contributed by atoms with van der Waals surface area (Å²) >= 11 is 0. The largest absolute Gasteiger partial charge is 0.378 e. The second-order valence-electron chi connectivity index (χ2n) is 6.23. The van der Waals surface area contributed by atoms with Gasteiger partial charge in [-0.15, -0.1) is 5.10 Å². The zero-order chi connectivity index (χ0) is 18.6. The number of nitrogens with zero attached hydrogens (tertiary/aromatic N) is 5. The molecule has 0 saturated carbocycles. The van der Waals surface area contributed by atoms with Crippen molar-refractivity contribution in [2.24, 2.45) is 0 Å². The highest BCUT2D eigenvalue weighted by atomic mass is 16.5. The lowest BCUT2D eigenvalue weighted by Gasteiger charge is -2.29. The average molecular weight is 368 g/mol. The van der Waals surface area contributed by atoms with Crippen LogP contribution >= 0.6 is 0 Å². The van der Waals surface area contributed by atoms with Crippen molar-refractivity contribution >= 4 is 17.4 Å². The molecule has 0 radical (unpaired) electrons. The fraction of sp³-hybridized carbons (Fsp3) is 0.333. The predicted octanol–water partition coefficient (Wildman–Crippen LogP) is 0.0440. The number of hydrogen-bond acceptors (Lipinski definition) is 6. The lowest BCUT2D eigenvalue weighted by Crippen LogP contribution is -2.38. The van der Waals surface area contributed by atoms with E-state index in [0.29, 0.717) is 25.4 Å². The third-order valence-corrected chi connectivity index (χ3v) is 4.44. The lowest BCUT2D eigenvalue weighted by molar-refractivity contribution is -0.122. The van der Waals surface area contributed by atoms with E-state index in [-0.39, 0.29) is 18.1 Å². The van der Waals surface area contributed by atoms with Crippen LogP contribution in [0.3, 0.4) is 0 Å². The number of morpholine rings is 1. The summed E-state index contributed by atoms with van der Waals surface area (Å²) < 4.78 is 7.95.